The van der Waals surface area contributed by atoms with E-state index in [1.54, 1.807) is 18.3 Å². The highest BCUT2D eigenvalue weighted by Gasteiger charge is 2.26. The summed E-state index contributed by atoms with van der Waals surface area (Å²) in [6, 6.07) is 3.21. The Kier molecular flexibility index (Phi) is 3.95. The first-order valence-electron chi connectivity index (χ1n) is 4.96. The fourth-order valence-corrected chi connectivity index (χ4v) is 1.03. The molecule has 16 heavy (non-hydrogen) atoms. The van der Waals surface area contributed by atoms with Crippen LogP contribution in [0.2, 0.25) is 0 Å². The van der Waals surface area contributed by atoms with Crippen molar-refractivity contribution < 1.29 is 14.3 Å². The van der Waals surface area contributed by atoms with Crippen LogP contribution in [0.4, 0.5) is 4.39 Å². The van der Waals surface area contributed by atoms with E-state index in [4.69, 9.17) is 0 Å². The molecule has 4 nitrogen and oxygen atoms in total. The molecule has 0 fully saturated rings. The van der Waals surface area contributed by atoms with Crippen LogP contribution in [0.3, 0.4) is 0 Å². The Morgan fingerprint density at radius 2 is 2.38 bits per heavy atom. The first-order valence-corrected chi connectivity index (χ1v) is 4.96. The van der Waals surface area contributed by atoms with E-state index in [-0.39, 0.29) is 6.54 Å². The Hall–Kier alpha value is -1.49. The van der Waals surface area contributed by atoms with Crippen molar-refractivity contribution in [3.63, 3.8) is 0 Å². The van der Waals surface area contributed by atoms with Gasteiger partial charge in [-0.2, -0.15) is 0 Å². The second kappa shape index (κ2) is 5.03. The summed E-state index contributed by atoms with van der Waals surface area (Å²) >= 11 is 0. The SMILES string of the molecule is CC(C)(O)C(F)CNC(=O)c1cccnc1. The van der Waals surface area contributed by atoms with E-state index in [0.29, 0.717) is 5.56 Å². The summed E-state index contributed by atoms with van der Waals surface area (Å²) in [5, 5.41) is 11.7. The van der Waals surface area contributed by atoms with Crippen LogP contribution in [0.25, 0.3) is 0 Å². The van der Waals surface area contributed by atoms with Crippen LogP contribution in [-0.4, -0.2) is 34.3 Å². The molecule has 0 aliphatic heterocycles. The molecule has 0 aromatic carbocycles. The van der Waals surface area contributed by atoms with Gasteiger partial charge in [-0.05, 0) is 26.0 Å². The van der Waals surface area contributed by atoms with Gasteiger partial charge in [-0.3, -0.25) is 9.78 Å². The molecule has 1 aromatic heterocycles. The molecule has 0 aliphatic carbocycles. The van der Waals surface area contributed by atoms with E-state index < -0.39 is 17.7 Å². The maximum absolute atomic E-state index is 13.3. The Balaban J connectivity index is 2.48. The summed E-state index contributed by atoms with van der Waals surface area (Å²) in [5.74, 6) is -0.403. The highest BCUT2D eigenvalue weighted by molar-refractivity contribution is 5.93. The second-order valence-electron chi connectivity index (χ2n) is 4.07. The van der Waals surface area contributed by atoms with Crippen LogP contribution in [0.5, 0.6) is 0 Å². The normalized spacial score (nSPS) is 13.2. The average Bonchev–Trinajstić information content (AvgIpc) is 2.25. The smallest absolute Gasteiger partial charge is 0.252 e. The molecule has 0 spiro atoms. The third-order valence-corrected chi connectivity index (χ3v) is 2.13. The van der Waals surface area contributed by atoms with Crippen LogP contribution in [-0.2, 0) is 0 Å². The number of alkyl halides is 1. The number of pyridine rings is 1. The highest BCUT2D eigenvalue weighted by Crippen LogP contribution is 2.11. The molecule has 0 aliphatic rings. The Labute approximate surface area is 93.5 Å². The van der Waals surface area contributed by atoms with Crippen LogP contribution in [0.1, 0.15) is 24.2 Å². The van der Waals surface area contributed by atoms with Gasteiger partial charge in [0.2, 0.25) is 0 Å². The minimum Gasteiger partial charge on any atom is -0.387 e. The van der Waals surface area contributed by atoms with Crippen LogP contribution in [0, 0.1) is 0 Å². The fourth-order valence-electron chi connectivity index (χ4n) is 1.03. The maximum Gasteiger partial charge on any atom is 0.252 e. The predicted octanol–water partition coefficient (Wildman–Crippen LogP) is 0.920. The Bertz CT molecular complexity index is 349. The molecule has 0 saturated heterocycles. The second-order valence-corrected chi connectivity index (χ2v) is 4.07. The number of carbonyl (C=O) groups is 1. The van der Waals surface area contributed by atoms with Gasteiger partial charge < -0.3 is 10.4 Å². The first kappa shape index (κ1) is 12.6. The number of amides is 1. The van der Waals surface area contributed by atoms with Crippen molar-refractivity contribution in [1.29, 1.82) is 0 Å². The number of hydrogen-bond acceptors (Lipinski definition) is 3. The van der Waals surface area contributed by atoms with Crippen LogP contribution < -0.4 is 5.32 Å². The summed E-state index contributed by atoms with van der Waals surface area (Å²) in [5.41, 5.74) is -1.09. The van der Waals surface area contributed by atoms with Gasteiger partial charge in [0, 0.05) is 12.4 Å². The summed E-state index contributed by atoms with van der Waals surface area (Å²) in [4.78, 5) is 15.3. The molecule has 1 unspecified atom stereocenters. The number of aliphatic hydroxyl groups is 1. The van der Waals surface area contributed by atoms with Gasteiger partial charge in [0.05, 0.1) is 17.7 Å². The summed E-state index contributed by atoms with van der Waals surface area (Å²) in [6.07, 6.45) is 1.44. The highest BCUT2D eigenvalue weighted by atomic mass is 19.1. The molecule has 1 atom stereocenters. The molecule has 0 radical (unpaired) electrons. The van der Waals surface area contributed by atoms with Crippen molar-refractivity contribution in [2.24, 2.45) is 0 Å². The van der Waals surface area contributed by atoms with E-state index >= 15 is 0 Å². The van der Waals surface area contributed by atoms with Crippen molar-refractivity contribution >= 4 is 5.91 Å². The van der Waals surface area contributed by atoms with Crippen molar-refractivity contribution in [1.82, 2.24) is 10.3 Å². The third kappa shape index (κ3) is 3.58. The minimum absolute atomic E-state index is 0.225. The zero-order valence-electron chi connectivity index (χ0n) is 9.27. The molecule has 88 valence electrons. The summed E-state index contributed by atoms with van der Waals surface area (Å²) in [6.45, 7) is 2.49. The molecule has 1 amide bonds. The van der Waals surface area contributed by atoms with Gasteiger partial charge in [0.15, 0.2) is 0 Å². The van der Waals surface area contributed by atoms with Crippen LogP contribution in [0.15, 0.2) is 24.5 Å². The third-order valence-electron chi connectivity index (χ3n) is 2.13. The van der Waals surface area contributed by atoms with Gasteiger partial charge in [-0.15, -0.1) is 0 Å². The first-order chi connectivity index (χ1) is 7.41. The van der Waals surface area contributed by atoms with E-state index in [9.17, 15) is 14.3 Å². The largest absolute Gasteiger partial charge is 0.387 e. The zero-order chi connectivity index (χ0) is 12.2. The number of nitrogens with zero attached hydrogens (tertiary/aromatic N) is 1. The number of halogens is 1. The lowest BCUT2D eigenvalue weighted by Gasteiger charge is -2.22. The summed E-state index contributed by atoms with van der Waals surface area (Å²) in [7, 11) is 0. The van der Waals surface area contributed by atoms with E-state index in [1.807, 2.05) is 0 Å². The maximum atomic E-state index is 13.3. The van der Waals surface area contributed by atoms with Crippen LogP contribution >= 0.6 is 0 Å². The van der Waals surface area contributed by atoms with Crippen molar-refractivity contribution in [2.75, 3.05) is 6.54 Å². The number of aromatic nitrogens is 1. The number of carbonyl (C=O) groups excluding carboxylic acids is 1. The topological polar surface area (TPSA) is 62.2 Å². The van der Waals surface area contributed by atoms with Gasteiger partial charge in [0.25, 0.3) is 5.91 Å². The predicted molar refractivity (Wildman–Crippen MR) is 57.8 cm³/mol. The lowest BCUT2D eigenvalue weighted by atomic mass is 10.0. The van der Waals surface area contributed by atoms with Gasteiger partial charge in [0.1, 0.15) is 6.17 Å². The lowest BCUT2D eigenvalue weighted by Crippen LogP contribution is -2.42. The molecule has 1 aromatic rings. The lowest BCUT2D eigenvalue weighted by molar-refractivity contribution is -0.00178. The summed E-state index contributed by atoms with van der Waals surface area (Å²) < 4.78 is 13.3. The number of rotatable bonds is 4. The Morgan fingerprint density at radius 1 is 1.69 bits per heavy atom. The number of hydrogen-bond donors (Lipinski definition) is 2. The monoisotopic (exact) mass is 226 g/mol. The molecular weight excluding hydrogens is 211 g/mol. The van der Waals surface area contributed by atoms with E-state index in [2.05, 4.69) is 10.3 Å². The molecule has 2 N–H and O–H groups in total. The van der Waals surface area contributed by atoms with Gasteiger partial charge in [-0.25, -0.2) is 4.39 Å². The molecule has 1 heterocycles. The van der Waals surface area contributed by atoms with E-state index in [0.717, 1.165) is 0 Å². The molecule has 0 bridgehead atoms. The number of nitrogens with one attached hydrogen (secondary N) is 1. The van der Waals surface area contributed by atoms with Crippen molar-refractivity contribution in [3.05, 3.63) is 30.1 Å². The van der Waals surface area contributed by atoms with Gasteiger partial charge in [-0.1, -0.05) is 0 Å². The quantitative estimate of drug-likeness (QED) is 0.802. The average molecular weight is 226 g/mol. The Morgan fingerprint density at radius 3 is 2.88 bits per heavy atom. The standard InChI is InChI=1S/C11H15FN2O2/c1-11(2,16)9(12)7-14-10(15)8-4-3-5-13-6-8/h3-6,9,16H,7H2,1-2H3,(H,14,15). The van der Waals surface area contributed by atoms with Gasteiger partial charge >= 0.3 is 0 Å². The zero-order valence-corrected chi connectivity index (χ0v) is 9.27. The minimum atomic E-state index is -1.51. The molecular formula is C11H15FN2O2. The molecule has 1 rings (SSSR count). The molecule has 0 saturated carbocycles. The fraction of sp³-hybridized carbons (Fsp3) is 0.455. The van der Waals surface area contributed by atoms with Crippen molar-refractivity contribution in [3.8, 4) is 0 Å². The van der Waals surface area contributed by atoms with Crippen molar-refractivity contribution in [2.45, 2.75) is 25.6 Å². The molecule has 5 heteroatoms. The van der Waals surface area contributed by atoms with E-state index in [1.165, 1.54) is 20.0 Å².